The van der Waals surface area contributed by atoms with E-state index in [1.54, 1.807) is 6.07 Å². The largest absolute Gasteiger partial charge is 0.0445 e. The van der Waals surface area contributed by atoms with E-state index in [1.807, 2.05) is 54.6 Å². The predicted octanol–water partition coefficient (Wildman–Crippen LogP) is 11.0. The molecule has 0 atom stereocenters. The number of fused-ring (bicyclic) bond motifs is 5. The molecule has 0 saturated heterocycles. The van der Waals surface area contributed by atoms with Crippen molar-refractivity contribution in [2.45, 2.75) is 70.0 Å². The van der Waals surface area contributed by atoms with Gasteiger partial charge in [0.25, 0.3) is 0 Å². The zero-order valence-corrected chi connectivity index (χ0v) is 27.6. The van der Waals surface area contributed by atoms with Crippen LogP contribution in [0.1, 0.15) is 58.2 Å². The van der Waals surface area contributed by atoms with Crippen LogP contribution in [0.15, 0.2) is 77.3 Å². The first-order chi connectivity index (χ1) is 22.5. The summed E-state index contributed by atoms with van der Waals surface area (Å²) in [7, 11) is 0. The molecule has 0 amide bonds. The number of rotatable bonds is 5. The van der Waals surface area contributed by atoms with Gasteiger partial charge in [-0.3, -0.25) is 4.98 Å². The molecule has 0 bridgehead atoms. The van der Waals surface area contributed by atoms with Gasteiger partial charge in [0, 0.05) is 14.4 Å². The molecule has 6 rings (SSSR count). The van der Waals surface area contributed by atoms with E-state index in [9.17, 15) is 0 Å². The first kappa shape index (κ1) is 23.0. The summed E-state index contributed by atoms with van der Waals surface area (Å²) in [5, 5.41) is 3.16. The number of para-hydroxylation sites is 1. The van der Waals surface area contributed by atoms with Gasteiger partial charge in [0.05, 0.1) is 0 Å². The van der Waals surface area contributed by atoms with E-state index < -0.39 is 38.3 Å². The van der Waals surface area contributed by atoms with Gasteiger partial charge in [0.1, 0.15) is 0 Å². The second-order valence-electron chi connectivity index (χ2n) is 13.4. The molecule has 2 nitrogen and oxygen atoms in total. The standard InChI is InChI=1S/C38H39F2GeNO/c1-22-17-33(42-21-23(22)2)29-12-10-11-27-28-16-15-24-13-14-25(18-30(24)36(28)43-35(27)29)34-31(37(3,4)39)19-26(41(7,8)9)20-32(34)38(5,6)40/h10-21H,1-9H3/i1D3,2D3. The van der Waals surface area contributed by atoms with Crippen LogP contribution in [0.25, 0.3) is 55.1 Å². The average Bonchev–Trinajstić information content (AvgIpc) is 3.37. The molecule has 0 fully saturated rings. The second kappa shape index (κ2) is 10.0. The minimum atomic E-state index is -2.68. The van der Waals surface area contributed by atoms with Crippen molar-refractivity contribution in [2.24, 2.45) is 0 Å². The van der Waals surface area contributed by atoms with Gasteiger partial charge in [-0.1, -0.05) is 0 Å². The number of pyridine rings is 1. The second-order valence-corrected chi connectivity index (χ2v) is 24.1. The molecule has 2 heterocycles. The topological polar surface area (TPSA) is 26.0 Å². The van der Waals surface area contributed by atoms with E-state index in [4.69, 9.17) is 12.6 Å². The molecule has 0 aliphatic rings. The summed E-state index contributed by atoms with van der Waals surface area (Å²) >= 11 is -2.51. The summed E-state index contributed by atoms with van der Waals surface area (Å²) < 4.78 is 87.5. The minimum Gasteiger partial charge on any atom is -0.0445 e. The molecular weight excluding hydrogens is 597 g/mol. The number of hydrogen-bond acceptors (Lipinski definition) is 2. The third kappa shape index (κ3) is 5.18. The SMILES string of the molecule is [2H]C([2H])([2H])c1cnc(-c2cccc3c2oc2c4cc(-c5c(C(C)(C)F)c[c]([Ge]([CH3])([CH3])[CH3])cc5C(C)(C)F)ccc4ccc32)cc1C([2H])([2H])[2H]. The summed E-state index contributed by atoms with van der Waals surface area (Å²) in [5.41, 5.74) is -0.235. The van der Waals surface area contributed by atoms with Gasteiger partial charge in [-0.25, -0.2) is 0 Å². The number of alkyl halides is 2. The molecule has 4 aromatic carbocycles. The number of hydrogen-bond donors (Lipinski definition) is 0. The van der Waals surface area contributed by atoms with E-state index in [-0.39, 0.29) is 16.8 Å². The van der Waals surface area contributed by atoms with Crippen LogP contribution in [0.4, 0.5) is 8.78 Å². The Bertz CT molecular complexity index is 2230. The minimum absolute atomic E-state index is 0.266. The van der Waals surface area contributed by atoms with Gasteiger partial charge in [-0.05, 0) is 30.9 Å². The molecule has 6 aromatic rings. The summed E-state index contributed by atoms with van der Waals surface area (Å²) in [6, 6.07) is 20.3. The average molecular weight is 642 g/mol. The van der Waals surface area contributed by atoms with Gasteiger partial charge in [-0.15, -0.1) is 0 Å². The van der Waals surface area contributed by atoms with Crippen LogP contribution in [0.5, 0.6) is 0 Å². The molecule has 5 heteroatoms. The van der Waals surface area contributed by atoms with Crippen molar-refractivity contribution in [3.05, 3.63) is 95.2 Å². The number of aromatic nitrogens is 1. The fraction of sp³-hybridized carbons (Fsp3) is 0.289. The molecule has 0 unspecified atom stereocenters. The van der Waals surface area contributed by atoms with E-state index in [2.05, 4.69) is 22.3 Å². The number of aryl methyl sites for hydroxylation is 2. The van der Waals surface area contributed by atoms with Gasteiger partial charge >= 0.3 is 214 Å². The van der Waals surface area contributed by atoms with E-state index in [1.165, 1.54) is 33.8 Å². The fourth-order valence-corrected chi connectivity index (χ4v) is 8.28. The molecule has 0 radical (unpaired) electrons. The molecule has 2 aromatic heterocycles. The summed E-state index contributed by atoms with van der Waals surface area (Å²) in [5.74, 6) is 6.63. The van der Waals surface area contributed by atoms with Crippen LogP contribution in [0, 0.1) is 13.7 Å². The fourth-order valence-electron chi connectivity index (χ4n) is 5.86. The van der Waals surface area contributed by atoms with Crippen LogP contribution >= 0.6 is 0 Å². The van der Waals surface area contributed by atoms with Gasteiger partial charge < -0.3 is 0 Å². The van der Waals surface area contributed by atoms with Crippen molar-refractivity contribution in [2.75, 3.05) is 0 Å². The van der Waals surface area contributed by atoms with Gasteiger partial charge in [0.15, 0.2) is 0 Å². The van der Waals surface area contributed by atoms with Crippen molar-refractivity contribution in [3.8, 4) is 22.4 Å². The Labute approximate surface area is 263 Å². The van der Waals surface area contributed by atoms with E-state index >= 15 is 8.78 Å². The normalized spacial score (nSPS) is 15.7. The maximum atomic E-state index is 16.1. The summed E-state index contributed by atoms with van der Waals surface area (Å²) in [6.45, 7) is 0.714. The Morgan fingerprint density at radius 3 is 2.02 bits per heavy atom. The smallest absolute Gasteiger partial charge is 0.0280 e. The Hall–Kier alpha value is -3.51. The maximum Gasteiger partial charge on any atom is 0.0280 e. The van der Waals surface area contributed by atoms with Crippen molar-refractivity contribution >= 4 is 50.4 Å². The zero-order valence-electron chi connectivity index (χ0n) is 31.5. The zero-order chi connectivity index (χ0) is 36.1. The molecule has 0 aliphatic heterocycles. The van der Waals surface area contributed by atoms with Crippen molar-refractivity contribution in [3.63, 3.8) is 0 Å². The van der Waals surface area contributed by atoms with Crippen LogP contribution in [-0.2, 0) is 11.3 Å². The molecular formula is C38H39F2GeNO. The Morgan fingerprint density at radius 2 is 1.40 bits per heavy atom. The van der Waals surface area contributed by atoms with Crippen LogP contribution in [-0.4, -0.2) is 18.3 Å². The molecule has 0 N–H and O–H groups in total. The number of furan rings is 1. The van der Waals surface area contributed by atoms with Crippen LogP contribution in [0.3, 0.4) is 0 Å². The maximum absolute atomic E-state index is 16.1. The van der Waals surface area contributed by atoms with Crippen LogP contribution < -0.4 is 4.40 Å². The Kier molecular flexibility index (Phi) is 5.35. The molecule has 0 aliphatic carbocycles. The number of benzene rings is 4. The number of nitrogens with zero attached hydrogens (tertiary/aromatic N) is 1. The van der Waals surface area contributed by atoms with E-state index in [0.717, 1.165) is 32.1 Å². The molecule has 220 valence electrons. The Morgan fingerprint density at radius 1 is 0.744 bits per heavy atom. The molecule has 0 spiro atoms. The first-order valence-corrected chi connectivity index (χ1v) is 21.8. The summed E-state index contributed by atoms with van der Waals surface area (Å²) in [6.07, 6.45) is 1.11. The third-order valence-electron chi connectivity index (χ3n) is 8.24. The van der Waals surface area contributed by atoms with Gasteiger partial charge in [0.2, 0.25) is 0 Å². The van der Waals surface area contributed by atoms with Gasteiger partial charge in [-0.2, -0.15) is 0 Å². The monoisotopic (exact) mass is 643 g/mol. The summed E-state index contributed by atoms with van der Waals surface area (Å²) in [4.78, 5) is 4.38. The van der Waals surface area contributed by atoms with Crippen molar-refractivity contribution in [1.29, 1.82) is 0 Å². The first-order valence-electron chi connectivity index (χ1n) is 17.4. The molecule has 43 heavy (non-hydrogen) atoms. The quantitative estimate of drug-likeness (QED) is 0.175. The molecule has 0 saturated carbocycles. The number of halogens is 2. The predicted molar refractivity (Wildman–Crippen MR) is 181 cm³/mol. The van der Waals surface area contributed by atoms with Crippen molar-refractivity contribution < 1.29 is 21.4 Å². The Balaban J connectivity index is 1.63. The van der Waals surface area contributed by atoms with Crippen molar-refractivity contribution in [1.82, 2.24) is 4.98 Å². The third-order valence-corrected chi connectivity index (χ3v) is 12.5. The van der Waals surface area contributed by atoms with E-state index in [0.29, 0.717) is 39.0 Å². The van der Waals surface area contributed by atoms with Crippen LogP contribution in [0.2, 0.25) is 17.3 Å².